The van der Waals surface area contributed by atoms with Crippen LogP contribution in [0.1, 0.15) is 30.4 Å². The molecule has 1 aliphatic carbocycles. The van der Waals surface area contributed by atoms with Gasteiger partial charge in [-0.25, -0.2) is 4.98 Å². The second kappa shape index (κ2) is 4.41. The Labute approximate surface area is 111 Å². The monoisotopic (exact) mass is 261 g/mol. The molecule has 3 rings (SSSR count). The number of hydrogen-bond acceptors (Lipinski definition) is 2. The lowest BCUT2D eigenvalue weighted by atomic mass is 10.1. The summed E-state index contributed by atoms with van der Waals surface area (Å²) in [4.78, 5) is 8.09. The second-order valence-corrected chi connectivity index (χ2v) is 5.44. The number of halogens is 1. The van der Waals surface area contributed by atoms with E-state index in [-0.39, 0.29) is 6.04 Å². The van der Waals surface area contributed by atoms with Crippen LogP contribution in [0.3, 0.4) is 0 Å². The summed E-state index contributed by atoms with van der Waals surface area (Å²) in [7, 11) is 0. The zero-order valence-corrected chi connectivity index (χ0v) is 11.1. The van der Waals surface area contributed by atoms with Crippen LogP contribution < -0.4 is 5.73 Å². The summed E-state index contributed by atoms with van der Waals surface area (Å²) in [5.74, 6) is 1.04. The molecule has 0 bridgehead atoms. The average molecular weight is 262 g/mol. The normalized spacial score (nSPS) is 14.4. The number of hydrogen-bond donors (Lipinski definition) is 2. The van der Waals surface area contributed by atoms with Crippen LogP contribution in [0.25, 0.3) is 11.3 Å². The standard InChI is InChI=1S/C14H16ClN3/c1-8(16)2-5-13-17-12-7-9-6-10(15)3-4-11(9)14(12)18-13/h3-4,6,8H,2,5,7,16H2,1H3,(H,17,18). The quantitative estimate of drug-likeness (QED) is 0.762. The van der Waals surface area contributed by atoms with E-state index in [2.05, 4.69) is 16.0 Å². The van der Waals surface area contributed by atoms with Gasteiger partial charge in [0.25, 0.3) is 0 Å². The van der Waals surface area contributed by atoms with E-state index < -0.39 is 0 Å². The third-order valence-electron chi connectivity index (χ3n) is 3.35. The molecule has 4 heteroatoms. The summed E-state index contributed by atoms with van der Waals surface area (Å²) in [6.07, 6.45) is 2.77. The van der Waals surface area contributed by atoms with Crippen molar-refractivity contribution >= 4 is 11.6 Å². The number of fused-ring (bicyclic) bond motifs is 3. The van der Waals surface area contributed by atoms with Gasteiger partial charge in [0.1, 0.15) is 5.82 Å². The van der Waals surface area contributed by atoms with Gasteiger partial charge in [0.2, 0.25) is 0 Å². The molecule has 0 aliphatic heterocycles. The van der Waals surface area contributed by atoms with Crippen molar-refractivity contribution in [1.29, 1.82) is 0 Å². The first-order chi connectivity index (χ1) is 8.63. The maximum absolute atomic E-state index is 6.00. The van der Waals surface area contributed by atoms with Crippen molar-refractivity contribution in [3.63, 3.8) is 0 Å². The summed E-state index contributed by atoms with van der Waals surface area (Å²) < 4.78 is 0. The van der Waals surface area contributed by atoms with Crippen molar-refractivity contribution < 1.29 is 0 Å². The van der Waals surface area contributed by atoms with E-state index in [4.69, 9.17) is 17.3 Å². The molecule has 2 aromatic rings. The second-order valence-electron chi connectivity index (χ2n) is 5.00. The minimum Gasteiger partial charge on any atom is -0.345 e. The Morgan fingerprint density at radius 3 is 3.11 bits per heavy atom. The molecule has 1 atom stereocenters. The number of aromatic nitrogens is 2. The number of imidazole rings is 1. The van der Waals surface area contributed by atoms with Gasteiger partial charge in [-0.1, -0.05) is 17.7 Å². The largest absolute Gasteiger partial charge is 0.345 e. The lowest BCUT2D eigenvalue weighted by Gasteiger charge is -2.03. The first-order valence-corrected chi connectivity index (χ1v) is 6.63. The molecular weight excluding hydrogens is 246 g/mol. The highest BCUT2D eigenvalue weighted by Crippen LogP contribution is 2.36. The van der Waals surface area contributed by atoms with E-state index in [0.29, 0.717) is 0 Å². The Bertz CT molecular complexity index is 587. The van der Waals surface area contributed by atoms with Crippen molar-refractivity contribution in [2.45, 2.75) is 32.2 Å². The van der Waals surface area contributed by atoms with Gasteiger partial charge in [-0.05, 0) is 31.0 Å². The summed E-state index contributed by atoms with van der Waals surface area (Å²) >= 11 is 6.00. The van der Waals surface area contributed by atoms with Gasteiger partial charge in [-0.3, -0.25) is 0 Å². The third-order valence-corrected chi connectivity index (χ3v) is 3.59. The molecular formula is C14H16ClN3. The number of benzene rings is 1. The van der Waals surface area contributed by atoms with Crippen molar-refractivity contribution in [3.8, 4) is 11.3 Å². The molecule has 1 heterocycles. The number of aromatic amines is 1. The van der Waals surface area contributed by atoms with Gasteiger partial charge in [0.05, 0.1) is 5.69 Å². The Balaban J connectivity index is 1.88. The molecule has 0 spiro atoms. The van der Waals surface area contributed by atoms with E-state index >= 15 is 0 Å². The molecule has 0 amide bonds. The van der Waals surface area contributed by atoms with Crippen LogP contribution in [-0.2, 0) is 12.8 Å². The maximum atomic E-state index is 6.00. The average Bonchev–Trinajstić information content (AvgIpc) is 2.82. The van der Waals surface area contributed by atoms with E-state index in [9.17, 15) is 0 Å². The van der Waals surface area contributed by atoms with E-state index in [0.717, 1.165) is 35.8 Å². The van der Waals surface area contributed by atoms with Gasteiger partial charge in [-0.15, -0.1) is 0 Å². The minimum absolute atomic E-state index is 0.219. The molecule has 1 aliphatic rings. The number of nitrogens with two attached hydrogens (primary N) is 1. The van der Waals surface area contributed by atoms with Crippen LogP contribution in [0, 0.1) is 0 Å². The molecule has 1 aromatic carbocycles. The van der Waals surface area contributed by atoms with Gasteiger partial charge >= 0.3 is 0 Å². The molecule has 0 fully saturated rings. The zero-order chi connectivity index (χ0) is 12.7. The van der Waals surface area contributed by atoms with E-state index in [1.54, 1.807) is 0 Å². The number of H-pyrrole nitrogens is 1. The van der Waals surface area contributed by atoms with Gasteiger partial charge < -0.3 is 10.7 Å². The summed E-state index contributed by atoms with van der Waals surface area (Å²) in [5, 5.41) is 0.788. The predicted octanol–water partition coefficient (Wildman–Crippen LogP) is 2.91. The summed E-state index contributed by atoms with van der Waals surface area (Å²) in [6.45, 7) is 2.02. The summed E-state index contributed by atoms with van der Waals surface area (Å²) in [5.41, 5.74) is 10.5. The Morgan fingerprint density at radius 2 is 2.33 bits per heavy atom. The molecule has 1 unspecified atom stereocenters. The van der Waals surface area contributed by atoms with E-state index in [1.165, 1.54) is 16.8 Å². The molecule has 0 saturated carbocycles. The van der Waals surface area contributed by atoms with Gasteiger partial charge in [0.15, 0.2) is 0 Å². The highest BCUT2D eigenvalue weighted by atomic mass is 35.5. The molecule has 1 aromatic heterocycles. The number of aryl methyl sites for hydroxylation is 1. The highest BCUT2D eigenvalue weighted by Gasteiger charge is 2.22. The molecule has 0 radical (unpaired) electrons. The first kappa shape index (κ1) is 11.8. The topological polar surface area (TPSA) is 54.7 Å². The number of rotatable bonds is 3. The maximum Gasteiger partial charge on any atom is 0.107 e. The fourth-order valence-corrected chi connectivity index (χ4v) is 2.62. The third kappa shape index (κ3) is 2.04. The Kier molecular flexibility index (Phi) is 2.88. The van der Waals surface area contributed by atoms with Crippen LogP contribution >= 0.6 is 11.6 Å². The fraction of sp³-hybridized carbons (Fsp3) is 0.357. The van der Waals surface area contributed by atoms with E-state index in [1.807, 2.05) is 19.1 Å². The van der Waals surface area contributed by atoms with Crippen LogP contribution in [0.15, 0.2) is 18.2 Å². The van der Waals surface area contributed by atoms with Crippen LogP contribution in [-0.4, -0.2) is 16.0 Å². The molecule has 0 saturated heterocycles. The van der Waals surface area contributed by atoms with Crippen molar-refractivity contribution in [2.24, 2.45) is 5.73 Å². The molecule has 94 valence electrons. The van der Waals surface area contributed by atoms with Crippen molar-refractivity contribution in [3.05, 3.63) is 40.3 Å². The van der Waals surface area contributed by atoms with Crippen molar-refractivity contribution in [2.75, 3.05) is 0 Å². The van der Waals surface area contributed by atoms with Crippen LogP contribution in [0.4, 0.5) is 0 Å². The van der Waals surface area contributed by atoms with Gasteiger partial charge in [0, 0.05) is 35.2 Å². The summed E-state index contributed by atoms with van der Waals surface area (Å²) in [6, 6.07) is 6.22. The Morgan fingerprint density at radius 1 is 1.50 bits per heavy atom. The van der Waals surface area contributed by atoms with Crippen LogP contribution in [0.5, 0.6) is 0 Å². The molecule has 3 N–H and O–H groups in total. The SMILES string of the molecule is CC(N)CCc1nc2c([nH]1)Cc1cc(Cl)ccc1-2. The number of nitrogens with one attached hydrogen (secondary N) is 1. The Hall–Kier alpha value is -1.32. The first-order valence-electron chi connectivity index (χ1n) is 6.25. The zero-order valence-electron chi connectivity index (χ0n) is 10.3. The highest BCUT2D eigenvalue weighted by molar-refractivity contribution is 6.30. The molecule has 18 heavy (non-hydrogen) atoms. The number of nitrogens with zero attached hydrogens (tertiary/aromatic N) is 1. The fourth-order valence-electron chi connectivity index (χ4n) is 2.43. The van der Waals surface area contributed by atoms with Gasteiger partial charge in [-0.2, -0.15) is 0 Å². The lowest BCUT2D eigenvalue weighted by molar-refractivity contribution is 0.651. The smallest absolute Gasteiger partial charge is 0.107 e. The minimum atomic E-state index is 0.219. The van der Waals surface area contributed by atoms with Crippen molar-refractivity contribution in [1.82, 2.24) is 9.97 Å². The predicted molar refractivity (Wildman–Crippen MR) is 73.8 cm³/mol. The molecule has 3 nitrogen and oxygen atoms in total. The lowest BCUT2D eigenvalue weighted by Crippen LogP contribution is -2.15. The van der Waals surface area contributed by atoms with Crippen LogP contribution in [0.2, 0.25) is 5.02 Å².